The maximum atomic E-state index is 5.64. The van der Waals surface area contributed by atoms with Gasteiger partial charge in [-0.3, -0.25) is 4.98 Å². The first-order chi connectivity index (χ1) is 9.38. The molecule has 1 aliphatic rings. The van der Waals surface area contributed by atoms with Crippen LogP contribution in [0.4, 0.5) is 0 Å². The molecule has 1 fully saturated rings. The molecule has 1 unspecified atom stereocenters. The molecule has 2 rings (SSSR count). The van der Waals surface area contributed by atoms with E-state index in [0.717, 1.165) is 44.7 Å². The number of rotatable bonds is 8. The molecule has 0 saturated carbocycles. The van der Waals surface area contributed by atoms with Crippen LogP contribution in [0, 0.1) is 0 Å². The predicted octanol–water partition coefficient (Wildman–Crippen LogP) is 2.28. The van der Waals surface area contributed by atoms with E-state index in [0.29, 0.717) is 13.2 Å². The molecule has 0 radical (unpaired) electrons. The fraction of sp³-hybridized carbons (Fsp3) is 0.667. The van der Waals surface area contributed by atoms with E-state index in [9.17, 15) is 0 Å². The van der Waals surface area contributed by atoms with Crippen LogP contribution >= 0.6 is 0 Å². The van der Waals surface area contributed by atoms with Crippen LogP contribution in [0.25, 0.3) is 0 Å². The van der Waals surface area contributed by atoms with Gasteiger partial charge < -0.3 is 14.8 Å². The van der Waals surface area contributed by atoms with Crippen molar-refractivity contribution in [3.8, 4) is 0 Å². The lowest BCUT2D eigenvalue weighted by Crippen LogP contribution is -2.15. The molecule has 4 heteroatoms. The number of aromatic nitrogens is 1. The van der Waals surface area contributed by atoms with Crippen LogP contribution in [0.1, 0.15) is 37.4 Å². The van der Waals surface area contributed by atoms with Gasteiger partial charge in [-0.05, 0) is 37.4 Å². The number of ether oxygens (including phenoxy) is 2. The van der Waals surface area contributed by atoms with Gasteiger partial charge >= 0.3 is 0 Å². The van der Waals surface area contributed by atoms with Crippen molar-refractivity contribution in [1.29, 1.82) is 0 Å². The van der Waals surface area contributed by atoms with Crippen LogP contribution in [0.3, 0.4) is 0 Å². The number of pyridine rings is 1. The molecule has 0 amide bonds. The van der Waals surface area contributed by atoms with Crippen molar-refractivity contribution in [1.82, 2.24) is 10.3 Å². The van der Waals surface area contributed by atoms with Gasteiger partial charge in [-0.2, -0.15) is 0 Å². The molecule has 4 nitrogen and oxygen atoms in total. The molecule has 0 aliphatic carbocycles. The van der Waals surface area contributed by atoms with E-state index in [4.69, 9.17) is 9.47 Å². The maximum Gasteiger partial charge on any atom is 0.0889 e. The minimum Gasteiger partial charge on any atom is -0.376 e. The number of hydrogen-bond acceptors (Lipinski definition) is 4. The Balaban J connectivity index is 1.66. The molecule has 2 heterocycles. The quantitative estimate of drug-likeness (QED) is 0.732. The molecular weight excluding hydrogens is 240 g/mol. The first-order valence-corrected chi connectivity index (χ1v) is 7.22. The molecule has 106 valence electrons. The van der Waals surface area contributed by atoms with Crippen molar-refractivity contribution in [3.05, 3.63) is 29.6 Å². The first kappa shape index (κ1) is 14.4. The molecule has 19 heavy (non-hydrogen) atoms. The molecule has 1 N–H and O–H groups in total. The summed E-state index contributed by atoms with van der Waals surface area (Å²) in [5, 5.41) is 3.36. The minimum absolute atomic E-state index is 0.289. The standard InChI is InChI=1S/C15H24N2O2/c1-2-7-16-9-13-5-6-14(17-10-13)11-18-12-15-4-3-8-19-15/h5-6,10,15-16H,2-4,7-9,11-12H2,1H3. The number of nitrogens with one attached hydrogen (secondary N) is 1. The monoisotopic (exact) mass is 264 g/mol. The summed E-state index contributed by atoms with van der Waals surface area (Å²) in [7, 11) is 0. The van der Waals surface area contributed by atoms with E-state index in [2.05, 4.69) is 23.3 Å². The second-order valence-corrected chi connectivity index (χ2v) is 4.98. The van der Waals surface area contributed by atoms with Crippen LogP contribution in [-0.4, -0.2) is 30.8 Å². The van der Waals surface area contributed by atoms with Gasteiger partial charge in [0, 0.05) is 19.3 Å². The third-order valence-corrected chi connectivity index (χ3v) is 3.22. The number of nitrogens with zero attached hydrogens (tertiary/aromatic N) is 1. The Morgan fingerprint density at radius 1 is 1.47 bits per heavy atom. The fourth-order valence-corrected chi connectivity index (χ4v) is 2.13. The Labute approximate surface area is 115 Å². The fourth-order valence-electron chi connectivity index (χ4n) is 2.13. The van der Waals surface area contributed by atoms with Crippen molar-refractivity contribution in [2.75, 3.05) is 19.8 Å². The number of hydrogen-bond donors (Lipinski definition) is 1. The van der Waals surface area contributed by atoms with E-state index in [1.54, 1.807) is 0 Å². The summed E-state index contributed by atoms with van der Waals surface area (Å²) >= 11 is 0. The predicted molar refractivity (Wildman–Crippen MR) is 74.9 cm³/mol. The van der Waals surface area contributed by atoms with E-state index < -0.39 is 0 Å². The largest absolute Gasteiger partial charge is 0.376 e. The average Bonchev–Trinajstić information content (AvgIpc) is 2.94. The van der Waals surface area contributed by atoms with Gasteiger partial charge in [0.1, 0.15) is 0 Å². The molecule has 1 aliphatic heterocycles. The van der Waals surface area contributed by atoms with Gasteiger partial charge in [0.15, 0.2) is 0 Å². The highest BCUT2D eigenvalue weighted by Crippen LogP contribution is 2.12. The second-order valence-electron chi connectivity index (χ2n) is 4.98. The molecule has 1 aromatic heterocycles. The smallest absolute Gasteiger partial charge is 0.0889 e. The lowest BCUT2D eigenvalue weighted by atomic mass is 10.2. The van der Waals surface area contributed by atoms with E-state index in [1.807, 2.05) is 12.3 Å². The van der Waals surface area contributed by atoms with Crippen molar-refractivity contribution in [3.63, 3.8) is 0 Å². The average molecular weight is 264 g/mol. The van der Waals surface area contributed by atoms with Crippen LogP contribution in [-0.2, 0) is 22.6 Å². The van der Waals surface area contributed by atoms with Crippen molar-refractivity contribution < 1.29 is 9.47 Å². The van der Waals surface area contributed by atoms with Gasteiger partial charge in [0.2, 0.25) is 0 Å². The van der Waals surface area contributed by atoms with Gasteiger partial charge in [0.05, 0.1) is 25.0 Å². The van der Waals surface area contributed by atoms with Gasteiger partial charge in [-0.15, -0.1) is 0 Å². The zero-order valence-corrected chi connectivity index (χ0v) is 11.7. The maximum absolute atomic E-state index is 5.64. The first-order valence-electron chi connectivity index (χ1n) is 7.22. The van der Waals surface area contributed by atoms with Crippen molar-refractivity contribution in [2.45, 2.75) is 45.4 Å². The Morgan fingerprint density at radius 2 is 2.42 bits per heavy atom. The molecule has 0 aromatic carbocycles. The zero-order chi connectivity index (χ0) is 13.3. The highest BCUT2D eigenvalue weighted by atomic mass is 16.5. The third-order valence-electron chi connectivity index (χ3n) is 3.22. The van der Waals surface area contributed by atoms with Crippen LogP contribution in [0.2, 0.25) is 0 Å². The Kier molecular flexibility index (Phi) is 6.27. The van der Waals surface area contributed by atoms with Gasteiger partial charge in [-0.1, -0.05) is 13.0 Å². The molecule has 0 spiro atoms. The summed E-state index contributed by atoms with van der Waals surface area (Å²) in [6.45, 7) is 6.24. The lowest BCUT2D eigenvalue weighted by molar-refractivity contribution is 0.00965. The Bertz CT molecular complexity index is 348. The highest BCUT2D eigenvalue weighted by molar-refractivity contribution is 5.13. The zero-order valence-electron chi connectivity index (χ0n) is 11.7. The molecule has 1 aromatic rings. The SMILES string of the molecule is CCCNCc1ccc(COCC2CCCO2)nc1. The topological polar surface area (TPSA) is 43.4 Å². The molecule has 1 saturated heterocycles. The van der Waals surface area contributed by atoms with Crippen LogP contribution < -0.4 is 5.32 Å². The molecular formula is C15H24N2O2. The molecule has 1 atom stereocenters. The Morgan fingerprint density at radius 3 is 3.11 bits per heavy atom. The van der Waals surface area contributed by atoms with Gasteiger partial charge in [0.25, 0.3) is 0 Å². The van der Waals surface area contributed by atoms with E-state index in [1.165, 1.54) is 5.56 Å². The summed E-state index contributed by atoms with van der Waals surface area (Å²) in [5.74, 6) is 0. The minimum atomic E-state index is 0.289. The van der Waals surface area contributed by atoms with Crippen molar-refractivity contribution >= 4 is 0 Å². The lowest BCUT2D eigenvalue weighted by Gasteiger charge is -2.10. The van der Waals surface area contributed by atoms with E-state index in [-0.39, 0.29) is 6.10 Å². The van der Waals surface area contributed by atoms with Crippen molar-refractivity contribution in [2.24, 2.45) is 0 Å². The third kappa shape index (κ3) is 5.27. The summed E-state index contributed by atoms with van der Waals surface area (Å²) in [4.78, 5) is 4.42. The molecule has 0 bridgehead atoms. The summed E-state index contributed by atoms with van der Waals surface area (Å²) in [5.41, 5.74) is 2.20. The van der Waals surface area contributed by atoms with Gasteiger partial charge in [-0.25, -0.2) is 0 Å². The highest BCUT2D eigenvalue weighted by Gasteiger charge is 2.15. The van der Waals surface area contributed by atoms with E-state index >= 15 is 0 Å². The summed E-state index contributed by atoms with van der Waals surface area (Å²) < 4.78 is 11.2. The van der Waals surface area contributed by atoms with Crippen LogP contribution in [0.5, 0.6) is 0 Å². The summed E-state index contributed by atoms with van der Waals surface area (Å²) in [6, 6.07) is 4.15. The second kappa shape index (κ2) is 8.25. The van der Waals surface area contributed by atoms with Crippen LogP contribution in [0.15, 0.2) is 18.3 Å². The summed E-state index contributed by atoms with van der Waals surface area (Å²) in [6.07, 6.45) is 5.65. The Hall–Kier alpha value is -0.970. The normalized spacial score (nSPS) is 18.9.